The molecule has 2 aliphatic heterocycles. The Kier molecular flexibility index (Phi) is 4.14. The Bertz CT molecular complexity index is 554. The number of hydrogen-bond acceptors (Lipinski definition) is 2. The molecule has 3 heteroatoms. The first-order valence-corrected chi connectivity index (χ1v) is 9.31. The van der Waals surface area contributed by atoms with Gasteiger partial charge in [-0.05, 0) is 51.3 Å². The molecule has 0 aromatic heterocycles. The number of carbonyl (C=O) groups is 1. The van der Waals surface area contributed by atoms with Crippen LogP contribution in [0.1, 0.15) is 50.0 Å². The smallest absolute Gasteiger partial charge is 0.226 e. The summed E-state index contributed by atoms with van der Waals surface area (Å²) < 4.78 is 0. The van der Waals surface area contributed by atoms with Gasteiger partial charge in [-0.25, -0.2) is 0 Å². The maximum Gasteiger partial charge on any atom is 0.226 e. The minimum atomic E-state index is 0.331. The van der Waals surface area contributed by atoms with Crippen molar-refractivity contribution in [2.45, 2.75) is 56.5 Å². The molecule has 23 heavy (non-hydrogen) atoms. The van der Waals surface area contributed by atoms with E-state index in [-0.39, 0.29) is 0 Å². The zero-order valence-electron chi connectivity index (χ0n) is 14.2. The van der Waals surface area contributed by atoms with E-state index in [4.69, 9.17) is 0 Å². The molecule has 0 spiro atoms. The molecule has 0 bridgehead atoms. The second kappa shape index (κ2) is 6.27. The van der Waals surface area contributed by atoms with Gasteiger partial charge in [0.15, 0.2) is 0 Å². The van der Waals surface area contributed by atoms with Crippen LogP contribution in [0.2, 0.25) is 0 Å². The SMILES string of the molecule is CN1CC[C@H](c2ccccc2)[C@@H]2[C@H]1CCCCN2C(=O)C1CC1. The number of carbonyl (C=O) groups excluding carboxylic acids is 1. The Labute approximate surface area is 139 Å². The molecule has 0 unspecified atom stereocenters. The van der Waals surface area contributed by atoms with Gasteiger partial charge in [0.05, 0.1) is 6.04 Å². The highest BCUT2D eigenvalue weighted by molar-refractivity contribution is 5.81. The van der Waals surface area contributed by atoms with Crippen LogP contribution in [-0.2, 0) is 4.79 Å². The summed E-state index contributed by atoms with van der Waals surface area (Å²) in [6.45, 7) is 2.11. The molecule has 1 aliphatic carbocycles. The molecule has 3 nitrogen and oxygen atoms in total. The fraction of sp³-hybridized carbons (Fsp3) is 0.650. The van der Waals surface area contributed by atoms with Gasteiger partial charge >= 0.3 is 0 Å². The normalized spacial score (nSPS) is 32.2. The maximum atomic E-state index is 13.0. The van der Waals surface area contributed by atoms with Crippen LogP contribution < -0.4 is 0 Å². The molecule has 0 N–H and O–H groups in total. The number of likely N-dealkylation sites (tertiary alicyclic amines) is 2. The molecule has 2 heterocycles. The van der Waals surface area contributed by atoms with Crippen LogP contribution in [-0.4, -0.2) is 47.9 Å². The third kappa shape index (κ3) is 2.91. The average Bonchev–Trinajstić information content (AvgIpc) is 3.42. The highest BCUT2D eigenvalue weighted by Gasteiger charge is 2.45. The number of nitrogens with zero attached hydrogens (tertiary/aromatic N) is 2. The van der Waals surface area contributed by atoms with Gasteiger partial charge < -0.3 is 9.80 Å². The molecule has 1 saturated carbocycles. The van der Waals surface area contributed by atoms with Crippen LogP contribution in [0.5, 0.6) is 0 Å². The molecule has 3 fully saturated rings. The molecule has 4 rings (SSSR count). The van der Waals surface area contributed by atoms with Gasteiger partial charge in [-0.2, -0.15) is 0 Å². The van der Waals surface area contributed by atoms with Crippen LogP contribution in [0.4, 0.5) is 0 Å². The Morgan fingerprint density at radius 3 is 2.52 bits per heavy atom. The molecule has 1 amide bonds. The van der Waals surface area contributed by atoms with E-state index in [0.717, 1.165) is 32.4 Å². The summed E-state index contributed by atoms with van der Waals surface area (Å²) in [6.07, 6.45) is 7.04. The number of piperidine rings is 1. The summed E-state index contributed by atoms with van der Waals surface area (Å²) in [6, 6.07) is 11.8. The standard InChI is InChI=1S/C20H28N2O/c1-21-14-12-17(15-7-3-2-4-8-15)19-18(21)9-5-6-13-22(19)20(23)16-10-11-16/h2-4,7-8,16-19H,5-6,9-14H2,1H3/t17-,18-,19-/m1/s1. The van der Waals surface area contributed by atoms with E-state index >= 15 is 0 Å². The van der Waals surface area contributed by atoms with E-state index in [2.05, 4.69) is 47.2 Å². The van der Waals surface area contributed by atoms with Crippen LogP contribution >= 0.6 is 0 Å². The lowest BCUT2D eigenvalue weighted by molar-refractivity contribution is -0.137. The van der Waals surface area contributed by atoms with Gasteiger partial charge in [0.2, 0.25) is 5.91 Å². The third-order valence-electron chi connectivity index (χ3n) is 6.11. The second-order valence-corrected chi connectivity index (χ2v) is 7.65. The predicted octanol–water partition coefficient (Wildman–Crippen LogP) is 3.27. The number of benzene rings is 1. The highest BCUT2D eigenvalue weighted by atomic mass is 16.2. The molecule has 1 aromatic rings. The number of amides is 1. The van der Waals surface area contributed by atoms with E-state index in [1.54, 1.807) is 0 Å². The summed E-state index contributed by atoms with van der Waals surface area (Å²) in [4.78, 5) is 17.8. The lowest BCUT2D eigenvalue weighted by atomic mass is 9.79. The van der Waals surface area contributed by atoms with Crippen molar-refractivity contribution in [3.63, 3.8) is 0 Å². The highest BCUT2D eigenvalue weighted by Crippen LogP contribution is 2.41. The molecule has 2 saturated heterocycles. The minimum Gasteiger partial charge on any atom is -0.337 e. The van der Waals surface area contributed by atoms with Gasteiger partial charge in [-0.1, -0.05) is 36.8 Å². The Hall–Kier alpha value is -1.35. The van der Waals surface area contributed by atoms with Crippen LogP contribution in [0.25, 0.3) is 0 Å². The van der Waals surface area contributed by atoms with Gasteiger partial charge in [0.25, 0.3) is 0 Å². The average molecular weight is 312 g/mol. The molecule has 1 aromatic carbocycles. The summed E-state index contributed by atoms with van der Waals surface area (Å²) in [5, 5.41) is 0. The van der Waals surface area contributed by atoms with Crippen molar-refractivity contribution < 1.29 is 4.79 Å². The summed E-state index contributed by atoms with van der Waals surface area (Å²) >= 11 is 0. The first kappa shape index (κ1) is 15.2. The molecule has 3 aliphatic rings. The lowest BCUT2D eigenvalue weighted by Crippen LogP contribution is -2.58. The van der Waals surface area contributed by atoms with Gasteiger partial charge in [0, 0.05) is 24.4 Å². The molecule has 0 radical (unpaired) electrons. The Morgan fingerprint density at radius 1 is 1.00 bits per heavy atom. The lowest BCUT2D eigenvalue weighted by Gasteiger charge is -2.48. The van der Waals surface area contributed by atoms with Crippen molar-refractivity contribution in [3.8, 4) is 0 Å². The van der Waals surface area contributed by atoms with Crippen LogP contribution in [0.15, 0.2) is 30.3 Å². The predicted molar refractivity (Wildman–Crippen MR) is 92.3 cm³/mol. The van der Waals surface area contributed by atoms with Crippen LogP contribution in [0, 0.1) is 5.92 Å². The zero-order valence-corrected chi connectivity index (χ0v) is 14.2. The number of likely N-dealkylation sites (N-methyl/N-ethyl adjacent to an activating group) is 1. The van der Waals surface area contributed by atoms with Crippen molar-refractivity contribution in [3.05, 3.63) is 35.9 Å². The summed E-state index contributed by atoms with van der Waals surface area (Å²) in [7, 11) is 2.25. The topological polar surface area (TPSA) is 23.6 Å². The van der Waals surface area contributed by atoms with Crippen molar-refractivity contribution in [1.82, 2.24) is 9.80 Å². The molecular formula is C20H28N2O. The van der Waals surface area contributed by atoms with Crippen molar-refractivity contribution >= 4 is 5.91 Å². The van der Waals surface area contributed by atoms with Gasteiger partial charge in [-0.15, -0.1) is 0 Å². The fourth-order valence-electron chi connectivity index (χ4n) is 4.69. The van der Waals surface area contributed by atoms with E-state index in [1.807, 2.05) is 0 Å². The van der Waals surface area contributed by atoms with E-state index < -0.39 is 0 Å². The Balaban J connectivity index is 1.69. The fourth-order valence-corrected chi connectivity index (χ4v) is 4.69. The van der Waals surface area contributed by atoms with E-state index in [1.165, 1.54) is 24.8 Å². The van der Waals surface area contributed by atoms with E-state index in [0.29, 0.717) is 29.8 Å². The number of hydrogen-bond donors (Lipinski definition) is 0. The maximum absolute atomic E-state index is 13.0. The van der Waals surface area contributed by atoms with Crippen molar-refractivity contribution in [1.29, 1.82) is 0 Å². The number of rotatable bonds is 2. The van der Waals surface area contributed by atoms with Crippen molar-refractivity contribution in [2.24, 2.45) is 5.92 Å². The minimum absolute atomic E-state index is 0.331. The first-order chi connectivity index (χ1) is 11.3. The number of fused-ring (bicyclic) bond motifs is 1. The van der Waals surface area contributed by atoms with Crippen LogP contribution in [0.3, 0.4) is 0 Å². The molecule has 3 atom stereocenters. The van der Waals surface area contributed by atoms with E-state index in [9.17, 15) is 4.79 Å². The molecule has 124 valence electrons. The largest absolute Gasteiger partial charge is 0.337 e. The summed E-state index contributed by atoms with van der Waals surface area (Å²) in [5.74, 6) is 1.27. The van der Waals surface area contributed by atoms with Gasteiger partial charge in [0.1, 0.15) is 0 Å². The molecular weight excluding hydrogens is 284 g/mol. The zero-order chi connectivity index (χ0) is 15.8. The Morgan fingerprint density at radius 2 is 1.78 bits per heavy atom. The van der Waals surface area contributed by atoms with Crippen molar-refractivity contribution in [2.75, 3.05) is 20.1 Å². The third-order valence-corrected chi connectivity index (χ3v) is 6.11. The quantitative estimate of drug-likeness (QED) is 0.837. The first-order valence-electron chi connectivity index (χ1n) is 9.31. The summed E-state index contributed by atoms with van der Waals surface area (Å²) in [5.41, 5.74) is 1.42. The second-order valence-electron chi connectivity index (χ2n) is 7.65. The monoisotopic (exact) mass is 312 g/mol. The van der Waals surface area contributed by atoms with Gasteiger partial charge in [-0.3, -0.25) is 4.79 Å².